The van der Waals surface area contributed by atoms with E-state index in [-0.39, 0.29) is 17.8 Å². The number of aromatic nitrogens is 3. The lowest BCUT2D eigenvalue weighted by atomic mass is 10.2. The zero-order valence-corrected chi connectivity index (χ0v) is 16.2. The summed E-state index contributed by atoms with van der Waals surface area (Å²) in [6.07, 6.45) is 3.99. The van der Waals surface area contributed by atoms with Crippen molar-refractivity contribution in [1.29, 1.82) is 0 Å². The number of hydrogen-bond acceptors (Lipinski definition) is 6. The van der Waals surface area contributed by atoms with Crippen molar-refractivity contribution >= 4 is 17.7 Å². The normalized spacial score (nSPS) is 16.3. The minimum Gasteiger partial charge on any atom is -0.496 e. The molecule has 144 valence electrons. The Hall–Kier alpha value is -2.32. The van der Waals surface area contributed by atoms with E-state index in [9.17, 15) is 4.79 Å². The second-order valence-electron chi connectivity index (χ2n) is 6.13. The van der Waals surface area contributed by atoms with Gasteiger partial charge in [0.1, 0.15) is 5.75 Å². The van der Waals surface area contributed by atoms with E-state index in [0.29, 0.717) is 24.1 Å². The fourth-order valence-corrected chi connectivity index (χ4v) is 3.71. The molecular weight excluding hydrogens is 364 g/mol. The third-order valence-electron chi connectivity index (χ3n) is 4.26. The van der Waals surface area contributed by atoms with Gasteiger partial charge in [0.15, 0.2) is 11.0 Å². The fraction of sp³-hybridized carbons (Fsp3) is 0.421. The molecule has 2 heterocycles. The van der Waals surface area contributed by atoms with Crippen molar-refractivity contribution in [3.8, 4) is 17.1 Å². The highest BCUT2D eigenvalue weighted by Crippen LogP contribution is 2.30. The number of ether oxygens (including phenoxy) is 2. The van der Waals surface area contributed by atoms with E-state index in [2.05, 4.69) is 22.1 Å². The molecule has 2 aromatic rings. The largest absolute Gasteiger partial charge is 0.496 e. The van der Waals surface area contributed by atoms with Gasteiger partial charge in [-0.2, -0.15) is 0 Å². The molecule has 0 spiro atoms. The van der Waals surface area contributed by atoms with Crippen LogP contribution in [0.2, 0.25) is 0 Å². The third-order valence-corrected chi connectivity index (χ3v) is 5.23. The average molecular weight is 388 g/mol. The fourth-order valence-electron chi connectivity index (χ4n) is 2.93. The zero-order valence-electron chi connectivity index (χ0n) is 15.4. The molecule has 1 saturated heterocycles. The van der Waals surface area contributed by atoms with Gasteiger partial charge in [-0.25, -0.2) is 0 Å². The van der Waals surface area contributed by atoms with Gasteiger partial charge in [0.2, 0.25) is 5.91 Å². The van der Waals surface area contributed by atoms with Crippen molar-refractivity contribution in [2.24, 2.45) is 0 Å². The van der Waals surface area contributed by atoms with Crippen LogP contribution in [0.4, 0.5) is 0 Å². The first kappa shape index (κ1) is 19.4. The summed E-state index contributed by atoms with van der Waals surface area (Å²) < 4.78 is 12.9. The molecule has 1 N–H and O–H groups in total. The maximum absolute atomic E-state index is 12.1. The van der Waals surface area contributed by atoms with E-state index >= 15 is 0 Å². The summed E-state index contributed by atoms with van der Waals surface area (Å²) in [6, 6.07) is 7.65. The van der Waals surface area contributed by atoms with Crippen molar-refractivity contribution in [2.75, 3.05) is 26.0 Å². The first-order valence-electron chi connectivity index (χ1n) is 8.91. The van der Waals surface area contributed by atoms with Crippen LogP contribution in [-0.2, 0) is 16.1 Å². The molecular formula is C19H24N4O3S. The molecule has 0 saturated carbocycles. The topological polar surface area (TPSA) is 78.3 Å². The Balaban J connectivity index is 1.67. The molecule has 0 aliphatic carbocycles. The van der Waals surface area contributed by atoms with Crippen LogP contribution in [0, 0.1) is 0 Å². The van der Waals surface area contributed by atoms with Gasteiger partial charge in [0, 0.05) is 19.7 Å². The lowest BCUT2D eigenvalue weighted by Crippen LogP contribution is -2.32. The van der Waals surface area contributed by atoms with Crippen LogP contribution in [0.1, 0.15) is 12.8 Å². The minimum atomic E-state index is -0.0394. The summed E-state index contributed by atoms with van der Waals surface area (Å²) in [5.74, 6) is 1.65. The Morgan fingerprint density at radius 3 is 3.07 bits per heavy atom. The van der Waals surface area contributed by atoms with Gasteiger partial charge in [-0.15, -0.1) is 16.8 Å². The second-order valence-corrected chi connectivity index (χ2v) is 7.08. The van der Waals surface area contributed by atoms with E-state index in [1.54, 1.807) is 13.2 Å². The third kappa shape index (κ3) is 4.90. The molecule has 1 atom stereocenters. The predicted molar refractivity (Wildman–Crippen MR) is 105 cm³/mol. The standard InChI is InChI=1S/C19H24N4O3S/c1-3-10-23-18(15-8-4-5-9-16(15)25-2)21-22-19(23)27-13-17(24)20-12-14-7-6-11-26-14/h3-5,8-9,14H,1,6-7,10-13H2,2H3,(H,20,24)/t14-/m1/s1. The van der Waals surface area contributed by atoms with Gasteiger partial charge in [0.25, 0.3) is 0 Å². The first-order chi connectivity index (χ1) is 13.2. The Morgan fingerprint density at radius 2 is 2.33 bits per heavy atom. The highest BCUT2D eigenvalue weighted by atomic mass is 32.2. The minimum absolute atomic E-state index is 0.0394. The van der Waals surface area contributed by atoms with Crippen LogP contribution in [0.25, 0.3) is 11.4 Å². The number of rotatable bonds is 9. The van der Waals surface area contributed by atoms with E-state index in [0.717, 1.165) is 30.8 Å². The number of benzene rings is 1. The monoisotopic (exact) mass is 388 g/mol. The number of hydrogen-bond donors (Lipinski definition) is 1. The number of carbonyl (C=O) groups excluding carboxylic acids is 1. The van der Waals surface area contributed by atoms with Crippen molar-refractivity contribution in [1.82, 2.24) is 20.1 Å². The summed E-state index contributed by atoms with van der Waals surface area (Å²) in [5.41, 5.74) is 0.851. The molecule has 1 aromatic carbocycles. The molecule has 27 heavy (non-hydrogen) atoms. The number of nitrogens with one attached hydrogen (secondary N) is 1. The molecule has 0 bridgehead atoms. The van der Waals surface area contributed by atoms with Crippen LogP contribution < -0.4 is 10.1 Å². The summed E-state index contributed by atoms with van der Waals surface area (Å²) in [6.45, 7) is 5.70. The van der Waals surface area contributed by atoms with E-state index in [4.69, 9.17) is 9.47 Å². The molecule has 0 radical (unpaired) electrons. The maximum atomic E-state index is 12.1. The number of nitrogens with zero attached hydrogens (tertiary/aromatic N) is 3. The Bertz CT molecular complexity index is 787. The second kappa shape index (κ2) is 9.57. The quantitative estimate of drug-likeness (QED) is 0.525. The lowest BCUT2D eigenvalue weighted by molar-refractivity contribution is -0.119. The van der Waals surface area contributed by atoms with E-state index in [1.165, 1.54) is 11.8 Å². The Labute approximate surface area is 163 Å². The summed E-state index contributed by atoms with van der Waals surface area (Å²) in [4.78, 5) is 12.1. The van der Waals surface area contributed by atoms with Crippen molar-refractivity contribution in [3.05, 3.63) is 36.9 Å². The van der Waals surface area contributed by atoms with E-state index in [1.807, 2.05) is 28.8 Å². The molecule has 3 rings (SSSR count). The summed E-state index contributed by atoms with van der Waals surface area (Å²) in [7, 11) is 1.63. The molecule has 7 nitrogen and oxygen atoms in total. The average Bonchev–Trinajstić information content (AvgIpc) is 3.35. The van der Waals surface area contributed by atoms with Gasteiger partial charge >= 0.3 is 0 Å². The van der Waals surface area contributed by atoms with Gasteiger partial charge < -0.3 is 14.8 Å². The zero-order chi connectivity index (χ0) is 19.1. The predicted octanol–water partition coefficient (Wildman–Crippen LogP) is 2.53. The van der Waals surface area contributed by atoms with Crippen molar-refractivity contribution in [2.45, 2.75) is 30.6 Å². The lowest BCUT2D eigenvalue weighted by Gasteiger charge is -2.11. The van der Waals surface area contributed by atoms with Gasteiger partial charge in [0.05, 0.1) is 24.5 Å². The van der Waals surface area contributed by atoms with Gasteiger partial charge in [-0.1, -0.05) is 30.0 Å². The Kier molecular flexibility index (Phi) is 6.89. The molecule has 8 heteroatoms. The molecule has 0 unspecified atom stereocenters. The first-order valence-corrected chi connectivity index (χ1v) is 9.90. The number of methoxy groups -OCH3 is 1. The van der Waals surface area contributed by atoms with Crippen LogP contribution in [0.5, 0.6) is 5.75 Å². The van der Waals surface area contributed by atoms with Gasteiger partial charge in [-0.3, -0.25) is 9.36 Å². The highest BCUT2D eigenvalue weighted by molar-refractivity contribution is 7.99. The number of amides is 1. The number of allylic oxidation sites excluding steroid dienone is 1. The van der Waals surface area contributed by atoms with Crippen LogP contribution in [0.3, 0.4) is 0 Å². The molecule has 1 aliphatic rings. The van der Waals surface area contributed by atoms with Crippen LogP contribution in [0.15, 0.2) is 42.1 Å². The molecule has 1 amide bonds. The number of thioether (sulfide) groups is 1. The SMILES string of the molecule is C=CCn1c(SCC(=O)NC[C@H]2CCCO2)nnc1-c1ccccc1OC. The summed E-state index contributed by atoms with van der Waals surface area (Å²) in [5, 5.41) is 12.2. The van der Waals surface area contributed by atoms with E-state index < -0.39 is 0 Å². The summed E-state index contributed by atoms with van der Waals surface area (Å²) >= 11 is 1.35. The Morgan fingerprint density at radius 1 is 1.48 bits per heavy atom. The van der Waals surface area contributed by atoms with Gasteiger partial charge in [-0.05, 0) is 25.0 Å². The van der Waals surface area contributed by atoms with Crippen LogP contribution in [-0.4, -0.2) is 52.8 Å². The van der Waals surface area contributed by atoms with Crippen molar-refractivity contribution < 1.29 is 14.3 Å². The van der Waals surface area contributed by atoms with Crippen LogP contribution >= 0.6 is 11.8 Å². The number of para-hydroxylation sites is 1. The molecule has 1 fully saturated rings. The molecule has 1 aromatic heterocycles. The number of carbonyl (C=O) groups is 1. The molecule has 1 aliphatic heterocycles. The van der Waals surface area contributed by atoms with Crippen molar-refractivity contribution in [3.63, 3.8) is 0 Å². The smallest absolute Gasteiger partial charge is 0.230 e. The maximum Gasteiger partial charge on any atom is 0.230 e. The highest BCUT2D eigenvalue weighted by Gasteiger charge is 2.19.